The Kier molecular flexibility index (Phi) is 6.16. The van der Waals surface area contributed by atoms with Crippen LogP contribution in [-0.2, 0) is 16.0 Å². The number of nitrogens with zero attached hydrogens (tertiary/aromatic N) is 1. The Morgan fingerprint density at radius 1 is 1.62 bits per heavy atom. The van der Waals surface area contributed by atoms with Gasteiger partial charge >= 0.3 is 5.97 Å². The van der Waals surface area contributed by atoms with Gasteiger partial charge in [-0.1, -0.05) is 12.1 Å². The third-order valence-electron chi connectivity index (χ3n) is 2.02. The number of halogens is 1. The maximum Gasteiger partial charge on any atom is 0.322 e. The monoisotopic (exact) mass is 240 g/mol. The van der Waals surface area contributed by atoms with Gasteiger partial charge in [0.1, 0.15) is 6.04 Å². The van der Waals surface area contributed by atoms with Crippen LogP contribution in [0.1, 0.15) is 11.1 Å². The molecule has 0 fully saturated rings. The van der Waals surface area contributed by atoms with Crippen molar-refractivity contribution in [2.75, 3.05) is 7.11 Å². The van der Waals surface area contributed by atoms with Crippen molar-refractivity contribution in [3.05, 3.63) is 35.4 Å². The van der Waals surface area contributed by atoms with E-state index in [9.17, 15) is 4.79 Å². The first-order chi connectivity index (χ1) is 7.17. The lowest BCUT2D eigenvalue weighted by Crippen LogP contribution is -2.33. The Bertz CT molecular complexity index is 401. The van der Waals surface area contributed by atoms with Crippen molar-refractivity contribution in [1.29, 1.82) is 5.26 Å². The molecule has 0 saturated carbocycles. The predicted molar refractivity (Wildman–Crippen MR) is 62.1 cm³/mol. The molecule has 16 heavy (non-hydrogen) atoms. The second kappa shape index (κ2) is 6.83. The molecule has 0 heterocycles. The molecule has 0 spiro atoms. The van der Waals surface area contributed by atoms with Gasteiger partial charge in [-0.05, 0) is 24.1 Å². The summed E-state index contributed by atoms with van der Waals surface area (Å²) in [7, 11) is 1.30. The lowest BCUT2D eigenvalue weighted by atomic mass is 10.0. The molecule has 1 aromatic rings. The average Bonchev–Trinajstić information content (AvgIpc) is 2.28. The number of ether oxygens (including phenoxy) is 1. The fourth-order valence-corrected chi connectivity index (χ4v) is 1.26. The van der Waals surface area contributed by atoms with Crippen LogP contribution in [-0.4, -0.2) is 19.1 Å². The third kappa shape index (κ3) is 3.89. The molecule has 86 valence electrons. The normalized spacial score (nSPS) is 10.8. The molecule has 0 aliphatic heterocycles. The molecule has 0 aromatic heterocycles. The Morgan fingerprint density at radius 3 is 2.88 bits per heavy atom. The van der Waals surface area contributed by atoms with Gasteiger partial charge in [-0.2, -0.15) is 5.26 Å². The zero-order valence-electron chi connectivity index (χ0n) is 8.84. The summed E-state index contributed by atoms with van der Waals surface area (Å²) in [5.74, 6) is -0.447. The summed E-state index contributed by atoms with van der Waals surface area (Å²) in [6.07, 6.45) is 0.377. The number of carbonyl (C=O) groups excluding carboxylic acids is 1. The van der Waals surface area contributed by atoms with Gasteiger partial charge in [-0.15, -0.1) is 12.4 Å². The van der Waals surface area contributed by atoms with Gasteiger partial charge in [0.2, 0.25) is 0 Å². The highest BCUT2D eigenvalue weighted by molar-refractivity contribution is 5.85. The van der Waals surface area contributed by atoms with Crippen LogP contribution in [0.3, 0.4) is 0 Å². The maximum absolute atomic E-state index is 11.1. The standard InChI is InChI=1S/C11H12N2O2.ClH/c1-15-11(14)10(13)6-8-3-2-4-9(5-8)7-12;/h2-5,10H,6,13H2,1H3;1H/t10-;/m0./s1. The lowest BCUT2D eigenvalue weighted by Gasteiger charge is -2.08. The molecule has 0 unspecified atom stereocenters. The molecule has 2 N–H and O–H groups in total. The maximum atomic E-state index is 11.1. The Balaban J connectivity index is 0.00000225. The van der Waals surface area contributed by atoms with E-state index >= 15 is 0 Å². The summed E-state index contributed by atoms with van der Waals surface area (Å²) in [5, 5.41) is 8.68. The van der Waals surface area contributed by atoms with Crippen molar-refractivity contribution in [3.63, 3.8) is 0 Å². The Morgan fingerprint density at radius 2 is 2.31 bits per heavy atom. The summed E-state index contributed by atoms with van der Waals surface area (Å²) in [5.41, 5.74) is 7.01. The van der Waals surface area contributed by atoms with E-state index in [1.807, 2.05) is 12.1 Å². The number of hydrogen-bond acceptors (Lipinski definition) is 4. The molecule has 0 saturated heterocycles. The Hall–Kier alpha value is -1.57. The number of benzene rings is 1. The molecule has 0 bridgehead atoms. The van der Waals surface area contributed by atoms with Gasteiger partial charge in [0.15, 0.2) is 0 Å². The first kappa shape index (κ1) is 14.4. The first-order valence-corrected chi connectivity index (χ1v) is 4.50. The van der Waals surface area contributed by atoms with E-state index in [1.54, 1.807) is 18.2 Å². The average molecular weight is 241 g/mol. The van der Waals surface area contributed by atoms with Crippen molar-refractivity contribution in [1.82, 2.24) is 0 Å². The van der Waals surface area contributed by atoms with Gasteiger partial charge in [-0.3, -0.25) is 4.79 Å². The van der Waals surface area contributed by atoms with Gasteiger partial charge < -0.3 is 10.5 Å². The fraction of sp³-hybridized carbons (Fsp3) is 0.273. The highest BCUT2D eigenvalue weighted by Crippen LogP contribution is 2.06. The molecule has 1 rings (SSSR count). The van der Waals surface area contributed by atoms with Crippen LogP contribution in [0.15, 0.2) is 24.3 Å². The Labute approximate surface area is 100 Å². The van der Waals surface area contributed by atoms with Gasteiger partial charge in [0.25, 0.3) is 0 Å². The zero-order chi connectivity index (χ0) is 11.3. The number of esters is 1. The van der Waals surface area contributed by atoms with Crippen LogP contribution >= 0.6 is 12.4 Å². The van der Waals surface area contributed by atoms with Crippen molar-refractivity contribution >= 4 is 18.4 Å². The molecule has 1 aromatic carbocycles. The van der Waals surface area contributed by atoms with Crippen LogP contribution in [0.25, 0.3) is 0 Å². The summed E-state index contributed by atoms with van der Waals surface area (Å²) >= 11 is 0. The molecule has 4 nitrogen and oxygen atoms in total. The number of nitriles is 1. The van der Waals surface area contributed by atoms with E-state index in [2.05, 4.69) is 4.74 Å². The summed E-state index contributed by atoms with van der Waals surface area (Å²) in [4.78, 5) is 11.1. The predicted octanol–water partition coefficient (Wildman–Crippen LogP) is 1.02. The highest BCUT2D eigenvalue weighted by atomic mass is 35.5. The minimum atomic E-state index is -0.677. The van der Waals surface area contributed by atoms with Crippen LogP contribution in [0.5, 0.6) is 0 Å². The van der Waals surface area contributed by atoms with Crippen LogP contribution in [0.4, 0.5) is 0 Å². The smallest absolute Gasteiger partial charge is 0.322 e. The number of methoxy groups -OCH3 is 1. The molecule has 0 amide bonds. The molecule has 0 aliphatic rings. The van der Waals surface area contributed by atoms with Crippen molar-refractivity contribution < 1.29 is 9.53 Å². The van der Waals surface area contributed by atoms with E-state index in [4.69, 9.17) is 11.0 Å². The fourth-order valence-electron chi connectivity index (χ4n) is 1.26. The number of carbonyl (C=O) groups is 1. The van der Waals surface area contributed by atoms with Crippen LogP contribution in [0, 0.1) is 11.3 Å². The van der Waals surface area contributed by atoms with Crippen LogP contribution in [0.2, 0.25) is 0 Å². The van der Waals surface area contributed by atoms with Crippen molar-refractivity contribution in [3.8, 4) is 6.07 Å². The van der Waals surface area contributed by atoms with Gasteiger partial charge in [0, 0.05) is 0 Å². The molecule has 5 heteroatoms. The third-order valence-corrected chi connectivity index (χ3v) is 2.02. The van der Waals surface area contributed by atoms with E-state index in [1.165, 1.54) is 7.11 Å². The summed E-state index contributed by atoms with van der Waals surface area (Å²) < 4.78 is 4.51. The minimum absolute atomic E-state index is 0. The second-order valence-corrected chi connectivity index (χ2v) is 3.15. The zero-order valence-corrected chi connectivity index (χ0v) is 9.66. The summed E-state index contributed by atoms with van der Waals surface area (Å²) in [6, 6.07) is 8.35. The minimum Gasteiger partial charge on any atom is -0.468 e. The number of hydrogen-bond donors (Lipinski definition) is 1. The largest absolute Gasteiger partial charge is 0.468 e. The van der Waals surface area contributed by atoms with Crippen molar-refractivity contribution in [2.24, 2.45) is 5.73 Å². The quantitative estimate of drug-likeness (QED) is 0.801. The molecular formula is C11H13ClN2O2. The van der Waals surface area contributed by atoms with Crippen LogP contribution < -0.4 is 5.73 Å². The molecule has 0 radical (unpaired) electrons. The lowest BCUT2D eigenvalue weighted by molar-refractivity contribution is -0.142. The molecule has 0 aliphatic carbocycles. The van der Waals surface area contributed by atoms with Gasteiger partial charge in [0.05, 0.1) is 18.7 Å². The van der Waals surface area contributed by atoms with E-state index in [0.717, 1.165) is 5.56 Å². The SMILES string of the molecule is COC(=O)[C@@H](N)Cc1cccc(C#N)c1.Cl. The van der Waals surface area contributed by atoms with Crippen molar-refractivity contribution in [2.45, 2.75) is 12.5 Å². The highest BCUT2D eigenvalue weighted by Gasteiger charge is 2.13. The van der Waals surface area contributed by atoms with Gasteiger partial charge in [-0.25, -0.2) is 0 Å². The first-order valence-electron chi connectivity index (χ1n) is 4.50. The molecule has 1 atom stereocenters. The van der Waals surface area contributed by atoms with E-state index in [0.29, 0.717) is 12.0 Å². The number of rotatable bonds is 3. The van der Waals surface area contributed by atoms with E-state index in [-0.39, 0.29) is 12.4 Å². The topological polar surface area (TPSA) is 76.1 Å². The summed E-state index contributed by atoms with van der Waals surface area (Å²) in [6.45, 7) is 0. The number of nitrogens with two attached hydrogens (primary N) is 1. The second-order valence-electron chi connectivity index (χ2n) is 3.15. The van der Waals surface area contributed by atoms with E-state index < -0.39 is 12.0 Å². The molecular weight excluding hydrogens is 228 g/mol.